The van der Waals surface area contributed by atoms with Crippen molar-refractivity contribution in [2.24, 2.45) is 11.8 Å². The van der Waals surface area contributed by atoms with Crippen molar-refractivity contribution in [1.29, 1.82) is 0 Å². The lowest BCUT2D eigenvalue weighted by Crippen LogP contribution is -2.39. The van der Waals surface area contributed by atoms with Crippen molar-refractivity contribution in [3.8, 4) is 0 Å². The van der Waals surface area contributed by atoms with E-state index in [0.717, 1.165) is 35.2 Å². The van der Waals surface area contributed by atoms with Crippen molar-refractivity contribution < 1.29 is 0 Å². The quantitative estimate of drug-likeness (QED) is 0.737. The van der Waals surface area contributed by atoms with Gasteiger partial charge in [0.2, 0.25) is 5.95 Å². The third kappa shape index (κ3) is 5.53. The zero-order chi connectivity index (χ0) is 19.4. The van der Waals surface area contributed by atoms with Gasteiger partial charge in [0, 0.05) is 36.4 Å². The minimum atomic E-state index is 0.479. The third-order valence-electron chi connectivity index (χ3n) is 4.66. The van der Waals surface area contributed by atoms with E-state index in [0.29, 0.717) is 29.4 Å². The van der Waals surface area contributed by atoms with E-state index in [1.54, 1.807) is 0 Å². The zero-order valence-electron chi connectivity index (χ0n) is 16.0. The van der Waals surface area contributed by atoms with E-state index in [4.69, 9.17) is 23.8 Å². The number of aryl methyl sites for hydroxylation is 1. The molecule has 0 bridgehead atoms. The second-order valence-electron chi connectivity index (χ2n) is 7.44. The molecule has 144 valence electrons. The molecule has 2 unspecified atom stereocenters. The summed E-state index contributed by atoms with van der Waals surface area (Å²) in [6, 6.07) is 9.74. The topological polar surface area (TPSA) is 53.1 Å². The normalized spacial score (nSPS) is 19.6. The van der Waals surface area contributed by atoms with E-state index in [1.165, 1.54) is 6.42 Å². The maximum absolute atomic E-state index is 6.19. The average molecular weight is 404 g/mol. The van der Waals surface area contributed by atoms with Crippen LogP contribution in [-0.2, 0) is 6.54 Å². The highest BCUT2D eigenvalue weighted by Crippen LogP contribution is 2.26. The monoisotopic (exact) mass is 403 g/mol. The first kappa shape index (κ1) is 19.8. The maximum atomic E-state index is 6.19. The molecule has 0 amide bonds. The fourth-order valence-corrected chi connectivity index (χ4v) is 3.95. The van der Waals surface area contributed by atoms with Gasteiger partial charge in [-0.3, -0.25) is 0 Å². The van der Waals surface area contributed by atoms with Gasteiger partial charge in [0.15, 0.2) is 5.11 Å². The Kier molecular flexibility index (Phi) is 6.50. The van der Waals surface area contributed by atoms with Crippen LogP contribution in [0.4, 0.5) is 11.8 Å². The number of piperidine rings is 1. The Balaban J connectivity index is 1.65. The van der Waals surface area contributed by atoms with E-state index in [2.05, 4.69) is 39.3 Å². The molecule has 2 atom stereocenters. The number of thiocarbonyl (C=S) groups is 1. The number of anilines is 2. The van der Waals surface area contributed by atoms with Gasteiger partial charge in [0.25, 0.3) is 0 Å². The van der Waals surface area contributed by atoms with Crippen LogP contribution in [0, 0.1) is 18.8 Å². The molecule has 0 spiro atoms. The van der Waals surface area contributed by atoms with Crippen molar-refractivity contribution in [3.63, 3.8) is 0 Å². The van der Waals surface area contributed by atoms with Gasteiger partial charge in [-0.25, -0.2) is 4.98 Å². The number of nitrogens with zero attached hydrogens (tertiary/aromatic N) is 3. The Morgan fingerprint density at radius 3 is 2.63 bits per heavy atom. The summed E-state index contributed by atoms with van der Waals surface area (Å²) in [6.07, 6.45) is 1.27. The minimum absolute atomic E-state index is 0.479. The van der Waals surface area contributed by atoms with Crippen molar-refractivity contribution in [2.45, 2.75) is 33.7 Å². The van der Waals surface area contributed by atoms with Crippen LogP contribution >= 0.6 is 23.8 Å². The Morgan fingerprint density at radius 1 is 1.22 bits per heavy atom. The molecular formula is C20H26ClN5S. The molecule has 1 aromatic carbocycles. The molecule has 0 aliphatic carbocycles. The molecule has 27 heavy (non-hydrogen) atoms. The molecule has 2 aromatic rings. The van der Waals surface area contributed by atoms with Crippen LogP contribution in [0.3, 0.4) is 0 Å². The van der Waals surface area contributed by atoms with Gasteiger partial charge in [0.1, 0.15) is 5.82 Å². The van der Waals surface area contributed by atoms with Crippen molar-refractivity contribution in [1.82, 2.24) is 15.3 Å². The van der Waals surface area contributed by atoms with E-state index in [1.807, 2.05) is 37.3 Å². The smallest absolute Gasteiger partial charge is 0.231 e. The highest BCUT2D eigenvalue weighted by atomic mass is 35.5. The van der Waals surface area contributed by atoms with Crippen LogP contribution in [0.1, 0.15) is 31.5 Å². The largest absolute Gasteiger partial charge is 0.358 e. The van der Waals surface area contributed by atoms with Crippen LogP contribution in [0.25, 0.3) is 0 Å². The Hall–Kier alpha value is -1.92. The van der Waals surface area contributed by atoms with E-state index in [-0.39, 0.29) is 0 Å². The first-order chi connectivity index (χ1) is 12.9. The summed E-state index contributed by atoms with van der Waals surface area (Å²) in [5.74, 6) is 2.81. The Bertz CT molecular complexity index is 803. The lowest BCUT2D eigenvalue weighted by molar-refractivity contribution is 0.355. The molecule has 2 heterocycles. The van der Waals surface area contributed by atoms with E-state index >= 15 is 0 Å². The minimum Gasteiger partial charge on any atom is -0.358 e. The van der Waals surface area contributed by atoms with Gasteiger partial charge in [0.05, 0.1) is 0 Å². The van der Waals surface area contributed by atoms with Crippen LogP contribution < -0.4 is 15.5 Å². The molecule has 0 saturated carbocycles. The van der Waals surface area contributed by atoms with Gasteiger partial charge in [-0.1, -0.05) is 43.6 Å². The molecule has 1 aliphatic heterocycles. The SMILES string of the molecule is Cc1cc(N2CC(C)CC(C)C2)nc(NC(=S)NCc2ccccc2Cl)n1. The first-order valence-electron chi connectivity index (χ1n) is 9.29. The van der Waals surface area contributed by atoms with Gasteiger partial charge < -0.3 is 15.5 Å². The molecule has 1 aliphatic rings. The number of hydrogen-bond acceptors (Lipinski definition) is 4. The number of halogens is 1. The highest BCUT2D eigenvalue weighted by molar-refractivity contribution is 7.80. The van der Waals surface area contributed by atoms with Crippen molar-refractivity contribution in [3.05, 3.63) is 46.6 Å². The number of hydrogen-bond donors (Lipinski definition) is 2. The van der Waals surface area contributed by atoms with E-state index in [9.17, 15) is 0 Å². The molecule has 2 N–H and O–H groups in total. The predicted molar refractivity (Wildman–Crippen MR) is 116 cm³/mol. The van der Waals surface area contributed by atoms with Crippen LogP contribution in [-0.4, -0.2) is 28.2 Å². The summed E-state index contributed by atoms with van der Waals surface area (Å²) < 4.78 is 0. The highest BCUT2D eigenvalue weighted by Gasteiger charge is 2.23. The fraction of sp³-hybridized carbons (Fsp3) is 0.450. The van der Waals surface area contributed by atoms with Crippen molar-refractivity contribution in [2.75, 3.05) is 23.3 Å². The summed E-state index contributed by atoms with van der Waals surface area (Å²) in [7, 11) is 0. The average Bonchev–Trinajstić information content (AvgIpc) is 2.59. The number of rotatable bonds is 4. The van der Waals surface area contributed by atoms with Crippen LogP contribution in [0.2, 0.25) is 5.02 Å². The Morgan fingerprint density at radius 2 is 1.93 bits per heavy atom. The fourth-order valence-electron chi connectivity index (χ4n) is 3.58. The van der Waals surface area contributed by atoms with Gasteiger partial charge in [-0.05, 0) is 49.0 Å². The van der Waals surface area contributed by atoms with Gasteiger partial charge in [-0.15, -0.1) is 0 Å². The van der Waals surface area contributed by atoms with E-state index < -0.39 is 0 Å². The second kappa shape index (κ2) is 8.85. The van der Waals surface area contributed by atoms with Crippen LogP contribution in [0.5, 0.6) is 0 Å². The summed E-state index contributed by atoms with van der Waals surface area (Å²) in [5.41, 5.74) is 1.91. The van der Waals surface area contributed by atoms with Crippen molar-refractivity contribution >= 4 is 40.7 Å². The van der Waals surface area contributed by atoms with Crippen LogP contribution in [0.15, 0.2) is 30.3 Å². The van der Waals surface area contributed by atoms with Gasteiger partial charge >= 0.3 is 0 Å². The summed E-state index contributed by atoms with van der Waals surface area (Å²) in [5, 5.41) is 7.46. The molecule has 1 fully saturated rings. The maximum Gasteiger partial charge on any atom is 0.231 e. The number of nitrogens with one attached hydrogen (secondary N) is 2. The summed E-state index contributed by atoms with van der Waals surface area (Å²) >= 11 is 11.6. The lowest BCUT2D eigenvalue weighted by atomic mass is 9.92. The predicted octanol–water partition coefficient (Wildman–Crippen LogP) is 4.41. The van der Waals surface area contributed by atoms with Gasteiger partial charge in [-0.2, -0.15) is 4.98 Å². The molecule has 5 nitrogen and oxygen atoms in total. The molecule has 3 rings (SSSR count). The standard InChI is InChI=1S/C20H26ClN5S/c1-13-8-14(2)12-26(11-13)18-9-15(3)23-19(24-18)25-20(27)22-10-16-6-4-5-7-17(16)21/h4-7,9,13-14H,8,10-12H2,1-3H3,(H2,22,23,24,25,27). The molecule has 0 radical (unpaired) electrons. The summed E-state index contributed by atoms with van der Waals surface area (Å²) in [6.45, 7) is 9.16. The lowest BCUT2D eigenvalue weighted by Gasteiger charge is -2.36. The number of aromatic nitrogens is 2. The molecule has 7 heteroatoms. The summed E-state index contributed by atoms with van der Waals surface area (Å²) in [4.78, 5) is 11.5. The molecule has 1 aromatic heterocycles. The molecular weight excluding hydrogens is 378 g/mol. The molecule has 1 saturated heterocycles. The second-order valence-corrected chi connectivity index (χ2v) is 8.26. The number of benzene rings is 1. The zero-order valence-corrected chi connectivity index (χ0v) is 17.6. The first-order valence-corrected chi connectivity index (χ1v) is 10.1. The third-order valence-corrected chi connectivity index (χ3v) is 5.27. The Labute approximate surface area is 171 Å².